The van der Waals surface area contributed by atoms with E-state index in [1.54, 1.807) is 35.0 Å². The Labute approximate surface area is 300 Å². The van der Waals surface area contributed by atoms with Gasteiger partial charge >= 0.3 is 0 Å². The van der Waals surface area contributed by atoms with E-state index in [1.165, 1.54) is 0 Å². The minimum atomic E-state index is 0.206. The van der Waals surface area contributed by atoms with Gasteiger partial charge in [-0.1, -0.05) is 34.8 Å². The molecule has 49 heavy (non-hydrogen) atoms. The maximum absolute atomic E-state index is 5.93. The number of hydrogen-bond donors (Lipinski definition) is 6. The van der Waals surface area contributed by atoms with Crippen molar-refractivity contribution in [3.8, 4) is 11.5 Å². The van der Waals surface area contributed by atoms with E-state index in [-0.39, 0.29) is 32.7 Å². The van der Waals surface area contributed by atoms with Gasteiger partial charge in [0, 0.05) is 25.5 Å². The molecule has 0 saturated carbocycles. The molecule has 2 aromatic carbocycles. The first-order valence-corrected chi connectivity index (χ1v) is 15.3. The first-order valence-electron chi connectivity index (χ1n) is 14.2. The molecule has 0 aliphatic heterocycles. The Balaban J connectivity index is 0.000000239. The molecule has 15 nitrogen and oxygen atoms in total. The van der Waals surface area contributed by atoms with Crippen LogP contribution in [0.15, 0.2) is 48.5 Å². The Kier molecular flexibility index (Phi) is 15.4. The van der Waals surface area contributed by atoms with Crippen LogP contribution in [0.1, 0.15) is 17.5 Å². The quantitative estimate of drug-likeness (QED) is 0.118. The van der Waals surface area contributed by atoms with Gasteiger partial charge in [0.05, 0.1) is 14.2 Å². The lowest BCUT2D eigenvalue weighted by Gasteiger charge is -2.21. The van der Waals surface area contributed by atoms with Crippen LogP contribution in [0.2, 0.25) is 15.5 Å². The summed E-state index contributed by atoms with van der Waals surface area (Å²) in [6, 6.07) is 15.4. The van der Waals surface area contributed by atoms with E-state index in [4.69, 9.17) is 72.9 Å². The number of ether oxygens (including phenoxy) is 2. The molecule has 3 aromatic heterocycles. The van der Waals surface area contributed by atoms with Crippen molar-refractivity contribution in [2.75, 3.05) is 67.2 Å². The molecule has 262 valence electrons. The van der Waals surface area contributed by atoms with Crippen molar-refractivity contribution in [1.82, 2.24) is 29.9 Å². The summed E-state index contributed by atoms with van der Waals surface area (Å²) in [5.41, 5.74) is 30.7. The van der Waals surface area contributed by atoms with Crippen molar-refractivity contribution < 1.29 is 9.47 Å². The molecule has 11 N–H and O–H groups in total. The van der Waals surface area contributed by atoms with E-state index in [2.05, 4.69) is 35.2 Å². The van der Waals surface area contributed by atoms with Gasteiger partial charge in [-0.05, 0) is 69.3 Å². The number of nitrogens with one attached hydrogen (secondary N) is 1. The molecule has 0 saturated heterocycles. The highest BCUT2D eigenvalue weighted by Gasteiger charge is 2.13. The van der Waals surface area contributed by atoms with Crippen LogP contribution in [0.25, 0.3) is 0 Å². The molecule has 0 atom stereocenters. The van der Waals surface area contributed by atoms with Crippen LogP contribution in [-0.2, 0) is 0 Å². The third-order valence-corrected chi connectivity index (χ3v) is 7.09. The standard InChI is InChI=1S/C13H17N5O.C8H11NO.C5H5Cl2N3.C5H7ClN4/c1-8-16-12(15)11(14)13(17-8)18(2)9-4-6-10(19-3)7-5-9;1-9-7-3-5-8(10-2)6-4-7;1-2-9-4(6)3(8)5(7)10-2;1-2-9-4(6)3(7)5(8)10-2/h4-7H,14H2,1-3H3,(H2,15,16,17);3-6,9H,1-2H3;8H2,1H3;7H2,1H3,(H2,8,9,10). The van der Waals surface area contributed by atoms with Crippen molar-refractivity contribution in [3.63, 3.8) is 0 Å². The van der Waals surface area contributed by atoms with Gasteiger partial charge in [0.1, 0.15) is 46.0 Å². The number of nitrogens with zero attached hydrogens (tertiary/aromatic N) is 7. The zero-order valence-electron chi connectivity index (χ0n) is 28.1. The fourth-order valence-electron chi connectivity index (χ4n) is 3.61. The molecule has 0 amide bonds. The number of anilines is 8. The lowest BCUT2D eigenvalue weighted by molar-refractivity contribution is 0.414. The highest BCUT2D eigenvalue weighted by Crippen LogP contribution is 2.30. The van der Waals surface area contributed by atoms with Gasteiger partial charge < -0.3 is 48.4 Å². The van der Waals surface area contributed by atoms with Crippen molar-refractivity contribution in [2.24, 2.45) is 0 Å². The predicted molar refractivity (Wildman–Crippen MR) is 201 cm³/mol. The number of aromatic nitrogens is 6. The smallest absolute Gasteiger partial charge is 0.161 e. The van der Waals surface area contributed by atoms with Crippen LogP contribution in [0.4, 0.5) is 45.9 Å². The monoisotopic (exact) mass is 731 g/mol. The molecule has 5 aromatic rings. The lowest BCUT2D eigenvalue weighted by atomic mass is 10.2. The average Bonchev–Trinajstić information content (AvgIpc) is 3.08. The van der Waals surface area contributed by atoms with Crippen molar-refractivity contribution in [3.05, 3.63) is 81.5 Å². The Morgan fingerprint density at radius 3 is 1.39 bits per heavy atom. The molecule has 0 unspecified atom stereocenters. The zero-order chi connectivity index (χ0) is 36.8. The molecular formula is C31H40Cl3N13O2. The molecule has 0 aliphatic carbocycles. The van der Waals surface area contributed by atoms with Crippen LogP contribution < -0.4 is 48.4 Å². The second-order valence-electron chi connectivity index (χ2n) is 9.76. The van der Waals surface area contributed by atoms with Gasteiger partial charge in [-0.25, -0.2) is 29.9 Å². The Morgan fingerprint density at radius 2 is 0.959 bits per heavy atom. The molecule has 3 heterocycles. The summed E-state index contributed by atoms with van der Waals surface area (Å²) < 4.78 is 10.1. The second-order valence-corrected chi connectivity index (χ2v) is 10.8. The number of nitrogens with two attached hydrogens (primary N) is 5. The molecule has 0 spiro atoms. The summed E-state index contributed by atoms with van der Waals surface area (Å²) in [4.78, 5) is 25.4. The van der Waals surface area contributed by atoms with Gasteiger partial charge in [0.2, 0.25) is 0 Å². The molecule has 0 fully saturated rings. The summed E-state index contributed by atoms with van der Waals surface area (Å²) in [5.74, 6) is 4.43. The van der Waals surface area contributed by atoms with E-state index in [1.807, 2.05) is 67.5 Å². The maximum atomic E-state index is 5.93. The highest BCUT2D eigenvalue weighted by atomic mass is 35.5. The van der Waals surface area contributed by atoms with E-state index in [0.29, 0.717) is 34.8 Å². The minimum Gasteiger partial charge on any atom is -0.497 e. The number of hydrogen-bond acceptors (Lipinski definition) is 15. The van der Waals surface area contributed by atoms with Gasteiger partial charge in [-0.2, -0.15) is 0 Å². The largest absolute Gasteiger partial charge is 0.497 e. The van der Waals surface area contributed by atoms with Gasteiger partial charge in [0.15, 0.2) is 32.9 Å². The van der Waals surface area contributed by atoms with Gasteiger partial charge in [-0.3, -0.25) is 0 Å². The number of rotatable bonds is 5. The third kappa shape index (κ3) is 12.1. The fourth-order valence-corrected chi connectivity index (χ4v) is 4.30. The molecule has 18 heteroatoms. The first kappa shape index (κ1) is 39.9. The van der Waals surface area contributed by atoms with Crippen molar-refractivity contribution in [2.45, 2.75) is 20.8 Å². The summed E-state index contributed by atoms with van der Waals surface area (Å²) in [7, 11) is 7.06. The minimum absolute atomic E-state index is 0.206. The van der Waals surface area contributed by atoms with Crippen LogP contribution in [0.3, 0.4) is 0 Å². The summed E-state index contributed by atoms with van der Waals surface area (Å²) in [6.45, 7) is 5.17. The topological polar surface area (TPSA) is 241 Å². The van der Waals surface area contributed by atoms with Gasteiger partial charge in [0.25, 0.3) is 0 Å². The lowest BCUT2D eigenvalue weighted by Crippen LogP contribution is -2.16. The van der Waals surface area contributed by atoms with Crippen LogP contribution in [0.5, 0.6) is 11.5 Å². The van der Waals surface area contributed by atoms with Crippen LogP contribution >= 0.6 is 34.8 Å². The maximum Gasteiger partial charge on any atom is 0.161 e. The van der Waals surface area contributed by atoms with Crippen LogP contribution in [-0.4, -0.2) is 58.2 Å². The Bertz CT molecular complexity index is 1690. The SMILES string of the molecule is CNc1ccc(OC)cc1.COc1ccc(N(C)c2nc(C)nc(N)c2N)cc1.Cc1nc(Cl)c(N)c(Cl)n1.Cc1nc(N)c(N)c(Cl)n1. The first-order chi connectivity index (χ1) is 23.1. The summed E-state index contributed by atoms with van der Waals surface area (Å²) in [5, 5.41) is 3.65. The number of methoxy groups -OCH3 is 2. The van der Waals surface area contributed by atoms with Gasteiger partial charge in [-0.15, -0.1) is 0 Å². The molecule has 0 bridgehead atoms. The van der Waals surface area contributed by atoms with Crippen molar-refractivity contribution >= 4 is 80.7 Å². The van der Waals surface area contributed by atoms with Crippen molar-refractivity contribution in [1.29, 1.82) is 0 Å². The Morgan fingerprint density at radius 1 is 0.571 bits per heavy atom. The number of nitrogen functional groups attached to an aromatic ring is 5. The molecule has 0 aliphatic rings. The third-order valence-electron chi connectivity index (χ3n) is 6.23. The Hall–Kier alpha value is -5.25. The van der Waals surface area contributed by atoms with Crippen LogP contribution in [0, 0.1) is 20.8 Å². The zero-order valence-corrected chi connectivity index (χ0v) is 30.4. The van der Waals surface area contributed by atoms with E-state index in [9.17, 15) is 0 Å². The molecule has 0 radical (unpaired) electrons. The van der Waals surface area contributed by atoms with E-state index in [0.717, 1.165) is 22.9 Å². The summed E-state index contributed by atoms with van der Waals surface area (Å²) in [6.07, 6.45) is 0. The number of benzene rings is 2. The van der Waals surface area contributed by atoms with E-state index >= 15 is 0 Å². The number of halogens is 3. The summed E-state index contributed by atoms with van der Waals surface area (Å²) >= 11 is 16.7. The molecular weight excluding hydrogens is 693 g/mol. The predicted octanol–water partition coefficient (Wildman–Crippen LogP) is 5.74. The normalized spacial score (nSPS) is 9.84. The van der Waals surface area contributed by atoms with E-state index < -0.39 is 0 Å². The molecule has 5 rings (SSSR count). The highest BCUT2D eigenvalue weighted by molar-refractivity contribution is 6.37. The fraction of sp³-hybridized carbons (Fsp3) is 0.226. The second kappa shape index (κ2) is 18.9. The number of aryl methyl sites for hydroxylation is 3. The average molecular weight is 733 g/mol.